The predicted octanol–water partition coefficient (Wildman–Crippen LogP) is 10.3. The zero-order chi connectivity index (χ0) is 26.3. The molecule has 0 atom stereocenters. The van der Waals surface area contributed by atoms with Crippen molar-refractivity contribution in [2.24, 2.45) is 0 Å². The van der Waals surface area contributed by atoms with Crippen molar-refractivity contribution in [3.63, 3.8) is 0 Å². The second-order valence-corrected chi connectivity index (χ2v) is 11.5. The zero-order valence-electron chi connectivity index (χ0n) is 21.5. The normalized spacial score (nSPS) is 14.3. The van der Waals surface area contributed by atoms with E-state index in [1.807, 2.05) is 11.3 Å². The number of rotatable bonds is 1. The molecule has 6 aromatic carbocycles. The third-order valence-corrected chi connectivity index (χ3v) is 9.71. The minimum atomic E-state index is -0.535. The van der Waals surface area contributed by atoms with Crippen LogP contribution in [-0.4, -0.2) is 0 Å². The predicted molar refractivity (Wildman–Crippen MR) is 166 cm³/mol. The van der Waals surface area contributed by atoms with Crippen LogP contribution < -0.4 is 9.64 Å². The summed E-state index contributed by atoms with van der Waals surface area (Å²) in [7, 11) is 0. The van der Waals surface area contributed by atoms with Crippen molar-refractivity contribution in [2.75, 3.05) is 4.90 Å². The van der Waals surface area contributed by atoms with Crippen molar-refractivity contribution in [2.45, 2.75) is 5.41 Å². The summed E-state index contributed by atoms with van der Waals surface area (Å²) < 4.78 is 9.37. The number of fused-ring (bicyclic) bond motifs is 12. The molecule has 0 saturated carbocycles. The van der Waals surface area contributed by atoms with Gasteiger partial charge in [0.05, 0.1) is 21.5 Å². The van der Waals surface area contributed by atoms with Gasteiger partial charge < -0.3 is 9.64 Å². The van der Waals surface area contributed by atoms with Gasteiger partial charge in [-0.15, -0.1) is 11.3 Å². The van der Waals surface area contributed by atoms with Gasteiger partial charge in [-0.2, -0.15) is 0 Å². The third-order valence-electron chi connectivity index (χ3n) is 8.52. The second-order valence-electron chi connectivity index (χ2n) is 10.5. The third kappa shape index (κ3) is 2.72. The summed E-state index contributed by atoms with van der Waals surface area (Å²) in [6, 6.07) is 50.4. The van der Waals surface area contributed by atoms with Crippen molar-refractivity contribution in [3.05, 3.63) is 162 Å². The number of thiophene rings is 1. The van der Waals surface area contributed by atoms with Gasteiger partial charge in [-0.3, -0.25) is 0 Å². The molecule has 0 amide bonds. The Hall–Kier alpha value is -4.86. The Morgan fingerprint density at radius 2 is 1.12 bits per heavy atom. The van der Waals surface area contributed by atoms with Crippen LogP contribution >= 0.6 is 11.3 Å². The van der Waals surface area contributed by atoms with E-state index in [-0.39, 0.29) is 0 Å². The van der Waals surface area contributed by atoms with Crippen LogP contribution in [0.1, 0.15) is 22.3 Å². The number of benzene rings is 6. The molecular formula is C37H23NOS. The molecule has 0 bridgehead atoms. The van der Waals surface area contributed by atoms with Gasteiger partial charge in [0.25, 0.3) is 0 Å². The highest BCUT2D eigenvalue weighted by Crippen LogP contribution is 2.64. The van der Waals surface area contributed by atoms with Crippen molar-refractivity contribution in [3.8, 4) is 11.5 Å². The van der Waals surface area contributed by atoms with E-state index in [4.69, 9.17) is 4.74 Å². The first-order valence-corrected chi connectivity index (χ1v) is 14.4. The lowest BCUT2D eigenvalue weighted by Crippen LogP contribution is -2.39. The molecule has 2 aliphatic heterocycles. The fraction of sp³-hybridized carbons (Fsp3) is 0.0270. The first-order valence-electron chi connectivity index (χ1n) is 13.6. The number of hydrogen-bond acceptors (Lipinski definition) is 3. The molecule has 0 N–H and O–H groups in total. The fourth-order valence-electron chi connectivity index (χ4n) is 6.96. The number of nitrogens with zero attached hydrogens (tertiary/aromatic N) is 1. The topological polar surface area (TPSA) is 12.5 Å². The maximum Gasteiger partial charge on any atom is 0.150 e. The highest BCUT2D eigenvalue weighted by molar-refractivity contribution is 7.26. The Bertz CT molecular complexity index is 2060. The molecule has 2 aliphatic rings. The van der Waals surface area contributed by atoms with Gasteiger partial charge in [-0.05, 0) is 47.5 Å². The van der Waals surface area contributed by atoms with Gasteiger partial charge in [0, 0.05) is 32.3 Å². The molecule has 0 aliphatic carbocycles. The maximum atomic E-state index is 6.89. The molecule has 1 spiro atoms. The summed E-state index contributed by atoms with van der Waals surface area (Å²) in [6.45, 7) is 0. The molecule has 188 valence electrons. The standard InChI is InChI=1S/C37H23NOS/c1-2-12-24(13-3-1)38-31-18-8-5-15-27(31)37(28-16-6-9-19-32(28)38)29-17-7-10-20-33(29)39-35-30(37)23-22-26-25-14-4-11-21-34(25)40-36(26)35/h1-23H. The zero-order valence-corrected chi connectivity index (χ0v) is 22.4. The number of hydrogen-bond donors (Lipinski definition) is 0. The summed E-state index contributed by atoms with van der Waals surface area (Å²) in [4.78, 5) is 2.41. The van der Waals surface area contributed by atoms with Crippen LogP contribution in [0.15, 0.2) is 140 Å². The van der Waals surface area contributed by atoms with Crippen LogP contribution in [0.2, 0.25) is 0 Å². The van der Waals surface area contributed by atoms with Crippen LogP contribution in [0.5, 0.6) is 11.5 Å². The van der Waals surface area contributed by atoms with Crippen LogP contribution in [0.4, 0.5) is 17.1 Å². The summed E-state index contributed by atoms with van der Waals surface area (Å²) in [5.41, 5.74) is 7.88. The number of anilines is 3. The molecule has 3 heterocycles. The number of para-hydroxylation sites is 4. The molecule has 40 heavy (non-hydrogen) atoms. The van der Waals surface area contributed by atoms with Crippen LogP contribution in [0.25, 0.3) is 20.2 Å². The molecular weight excluding hydrogens is 506 g/mol. The smallest absolute Gasteiger partial charge is 0.150 e. The molecule has 7 aromatic rings. The van der Waals surface area contributed by atoms with E-state index in [0.717, 1.165) is 17.2 Å². The van der Waals surface area contributed by atoms with Gasteiger partial charge in [-0.25, -0.2) is 0 Å². The Labute approximate surface area is 236 Å². The minimum Gasteiger partial charge on any atom is -0.455 e. The molecule has 2 nitrogen and oxygen atoms in total. The average Bonchev–Trinajstić information content (AvgIpc) is 3.41. The summed E-state index contributed by atoms with van der Waals surface area (Å²) in [5.74, 6) is 1.88. The molecule has 1 aromatic heterocycles. The lowest BCUT2D eigenvalue weighted by molar-refractivity contribution is 0.440. The highest BCUT2D eigenvalue weighted by atomic mass is 32.1. The lowest BCUT2D eigenvalue weighted by Gasteiger charge is -2.48. The van der Waals surface area contributed by atoms with E-state index in [1.54, 1.807) is 0 Å². The lowest BCUT2D eigenvalue weighted by atomic mass is 9.61. The van der Waals surface area contributed by atoms with E-state index < -0.39 is 5.41 Å². The fourth-order valence-corrected chi connectivity index (χ4v) is 8.15. The second kappa shape index (κ2) is 8.08. The molecule has 0 fully saturated rings. The highest BCUT2D eigenvalue weighted by Gasteiger charge is 2.51. The molecule has 0 saturated heterocycles. The largest absolute Gasteiger partial charge is 0.455 e. The van der Waals surface area contributed by atoms with E-state index in [0.29, 0.717) is 0 Å². The van der Waals surface area contributed by atoms with E-state index in [9.17, 15) is 0 Å². The first kappa shape index (κ1) is 22.0. The van der Waals surface area contributed by atoms with Gasteiger partial charge in [-0.1, -0.05) is 103 Å². The monoisotopic (exact) mass is 529 g/mol. The van der Waals surface area contributed by atoms with Gasteiger partial charge in [0.15, 0.2) is 0 Å². The first-order chi connectivity index (χ1) is 19.9. The molecule has 0 unspecified atom stereocenters. The van der Waals surface area contributed by atoms with Crippen molar-refractivity contribution in [1.29, 1.82) is 0 Å². The van der Waals surface area contributed by atoms with E-state index in [1.165, 1.54) is 53.8 Å². The Balaban J connectivity index is 1.47. The maximum absolute atomic E-state index is 6.89. The van der Waals surface area contributed by atoms with Crippen molar-refractivity contribution < 1.29 is 4.74 Å². The van der Waals surface area contributed by atoms with Crippen LogP contribution in [-0.2, 0) is 5.41 Å². The van der Waals surface area contributed by atoms with Gasteiger partial charge in [0.1, 0.15) is 11.5 Å². The summed E-state index contributed by atoms with van der Waals surface area (Å²) in [6.07, 6.45) is 0. The molecule has 9 rings (SSSR count). The van der Waals surface area contributed by atoms with E-state index in [2.05, 4.69) is 144 Å². The van der Waals surface area contributed by atoms with Crippen LogP contribution in [0.3, 0.4) is 0 Å². The minimum absolute atomic E-state index is 0.535. The van der Waals surface area contributed by atoms with Crippen molar-refractivity contribution in [1.82, 2.24) is 0 Å². The SMILES string of the molecule is c1ccc(N2c3ccccc3C3(c4ccccc4Oc4c3ccc3c4sc4ccccc43)c3ccccc32)cc1. The Morgan fingerprint density at radius 1 is 0.500 bits per heavy atom. The van der Waals surface area contributed by atoms with E-state index >= 15 is 0 Å². The number of ether oxygens (including phenoxy) is 1. The average molecular weight is 530 g/mol. The van der Waals surface area contributed by atoms with Crippen LogP contribution in [0, 0.1) is 0 Å². The summed E-state index contributed by atoms with van der Waals surface area (Å²) in [5, 5.41) is 2.53. The molecule has 3 heteroatoms. The Morgan fingerprint density at radius 3 is 1.90 bits per heavy atom. The summed E-state index contributed by atoms with van der Waals surface area (Å²) >= 11 is 1.82. The quantitative estimate of drug-likeness (QED) is 0.210. The van der Waals surface area contributed by atoms with Gasteiger partial charge in [0.2, 0.25) is 0 Å². The van der Waals surface area contributed by atoms with Crippen molar-refractivity contribution >= 4 is 48.6 Å². The van der Waals surface area contributed by atoms with Gasteiger partial charge >= 0.3 is 0 Å². The molecule has 0 radical (unpaired) electrons. The Kier molecular flexibility index (Phi) is 4.44.